The van der Waals surface area contributed by atoms with Crippen molar-refractivity contribution < 1.29 is 23.9 Å². The van der Waals surface area contributed by atoms with Crippen molar-refractivity contribution in [3.63, 3.8) is 0 Å². The third-order valence-electron chi connectivity index (χ3n) is 3.17. The van der Waals surface area contributed by atoms with Gasteiger partial charge in [-0.15, -0.1) is 0 Å². The number of ether oxygens (including phenoxy) is 2. The summed E-state index contributed by atoms with van der Waals surface area (Å²) in [6, 6.07) is 10.9. The van der Waals surface area contributed by atoms with Crippen LogP contribution in [0.3, 0.4) is 0 Å². The van der Waals surface area contributed by atoms with E-state index in [0.717, 1.165) is 10.5 Å². The van der Waals surface area contributed by atoms with E-state index in [1.54, 1.807) is 45.0 Å². The number of benzene rings is 1. The maximum Gasteiger partial charge on any atom is 0.416 e. The summed E-state index contributed by atoms with van der Waals surface area (Å²) in [6.45, 7) is 4.78. The van der Waals surface area contributed by atoms with Crippen LogP contribution in [0, 0.1) is 16.7 Å². The summed E-state index contributed by atoms with van der Waals surface area (Å²) in [5, 5.41) is 8.86. The Labute approximate surface area is 147 Å². The molecule has 0 spiro atoms. The minimum Gasteiger partial charge on any atom is -0.459 e. The van der Waals surface area contributed by atoms with Gasteiger partial charge in [0, 0.05) is 0 Å². The Morgan fingerprint density at radius 1 is 1.28 bits per heavy atom. The van der Waals surface area contributed by atoms with Crippen molar-refractivity contribution in [1.82, 2.24) is 4.90 Å². The molecule has 25 heavy (non-hydrogen) atoms. The van der Waals surface area contributed by atoms with Crippen molar-refractivity contribution in [3.8, 4) is 6.07 Å². The number of hydrogen-bond donors (Lipinski definition) is 0. The van der Waals surface area contributed by atoms with Gasteiger partial charge in [-0.1, -0.05) is 30.3 Å². The maximum absolute atomic E-state index is 12.0. The van der Waals surface area contributed by atoms with Crippen LogP contribution < -0.4 is 0 Å². The van der Waals surface area contributed by atoms with Gasteiger partial charge in [0.25, 0.3) is 0 Å². The second-order valence-corrected chi connectivity index (χ2v) is 6.44. The van der Waals surface area contributed by atoms with Crippen LogP contribution in [-0.4, -0.2) is 36.0 Å². The van der Waals surface area contributed by atoms with E-state index in [0.29, 0.717) is 6.41 Å². The Bertz CT molecular complexity index is 631. The highest BCUT2D eigenvalue weighted by atomic mass is 16.6. The summed E-state index contributed by atoms with van der Waals surface area (Å²) in [5.74, 6) is -0.517. The maximum atomic E-state index is 12.0. The number of rotatable bonds is 7. The summed E-state index contributed by atoms with van der Waals surface area (Å²) in [4.78, 5) is 35.9. The number of carbonyl (C=O) groups excluding carboxylic acids is 3. The molecule has 0 saturated carbocycles. The number of hydrogen-bond acceptors (Lipinski definition) is 6. The number of imide groups is 1. The minimum atomic E-state index is -0.911. The highest BCUT2D eigenvalue weighted by Crippen LogP contribution is 2.17. The molecule has 7 heteroatoms. The van der Waals surface area contributed by atoms with E-state index in [1.807, 2.05) is 12.1 Å². The molecule has 0 aliphatic heterocycles. The molecule has 1 rings (SSSR count). The number of carbonyl (C=O) groups is 3. The lowest BCUT2D eigenvalue weighted by molar-refractivity contribution is -0.159. The second-order valence-electron chi connectivity index (χ2n) is 6.44. The van der Waals surface area contributed by atoms with E-state index >= 15 is 0 Å². The number of amides is 2. The molecule has 1 aromatic carbocycles. The zero-order chi connectivity index (χ0) is 18.9. The molecule has 0 aliphatic carbocycles. The van der Waals surface area contributed by atoms with Gasteiger partial charge in [0.2, 0.25) is 6.41 Å². The molecule has 1 aromatic rings. The van der Waals surface area contributed by atoms with Gasteiger partial charge >= 0.3 is 12.1 Å². The third-order valence-corrected chi connectivity index (χ3v) is 3.17. The molecule has 7 nitrogen and oxygen atoms in total. The van der Waals surface area contributed by atoms with Crippen molar-refractivity contribution >= 4 is 18.5 Å². The van der Waals surface area contributed by atoms with E-state index < -0.39 is 23.6 Å². The lowest BCUT2D eigenvalue weighted by Gasteiger charge is -2.24. The zero-order valence-corrected chi connectivity index (χ0v) is 14.6. The third kappa shape index (κ3) is 7.04. The first kappa shape index (κ1) is 20.2. The van der Waals surface area contributed by atoms with Gasteiger partial charge in [-0.2, -0.15) is 5.26 Å². The lowest BCUT2D eigenvalue weighted by Crippen LogP contribution is -2.40. The van der Waals surface area contributed by atoms with Crippen molar-refractivity contribution in [1.29, 1.82) is 5.26 Å². The summed E-state index contributed by atoms with van der Waals surface area (Å²) in [5.41, 5.74) is 0.0162. The van der Waals surface area contributed by atoms with Crippen LogP contribution in [0.5, 0.6) is 0 Å². The average molecular weight is 346 g/mol. The van der Waals surface area contributed by atoms with E-state index in [4.69, 9.17) is 14.7 Å². The Kier molecular flexibility index (Phi) is 7.60. The molecule has 0 heterocycles. The van der Waals surface area contributed by atoms with Gasteiger partial charge in [-0.3, -0.25) is 9.59 Å². The predicted molar refractivity (Wildman–Crippen MR) is 89.0 cm³/mol. The summed E-state index contributed by atoms with van der Waals surface area (Å²) < 4.78 is 10.3. The van der Waals surface area contributed by atoms with Crippen LogP contribution in [-0.2, 0) is 25.7 Å². The zero-order valence-electron chi connectivity index (χ0n) is 14.6. The van der Waals surface area contributed by atoms with Gasteiger partial charge in [0.1, 0.15) is 12.7 Å². The largest absolute Gasteiger partial charge is 0.459 e. The van der Waals surface area contributed by atoms with Crippen LogP contribution >= 0.6 is 0 Å². The number of esters is 1. The second kappa shape index (κ2) is 9.42. The normalized spacial score (nSPS) is 11.8. The van der Waals surface area contributed by atoms with Gasteiger partial charge in [0.05, 0.1) is 24.4 Å². The molecule has 1 atom stereocenters. The first-order chi connectivity index (χ1) is 11.8. The van der Waals surface area contributed by atoms with Crippen molar-refractivity contribution in [2.75, 3.05) is 6.54 Å². The Hall–Kier alpha value is -2.88. The Morgan fingerprint density at radius 3 is 2.44 bits per heavy atom. The molecule has 0 fully saturated rings. The molecular weight excluding hydrogens is 324 g/mol. The molecule has 0 N–H and O–H groups in total. The quantitative estimate of drug-likeness (QED) is 0.556. The highest BCUT2D eigenvalue weighted by Gasteiger charge is 2.28. The minimum absolute atomic E-state index is 0.00864. The van der Waals surface area contributed by atoms with E-state index in [2.05, 4.69) is 0 Å². The van der Waals surface area contributed by atoms with Crippen molar-refractivity contribution in [2.24, 2.45) is 5.41 Å². The number of nitriles is 1. The molecule has 0 aliphatic rings. The molecular formula is C18H22N2O5. The molecule has 134 valence electrons. The fourth-order valence-corrected chi connectivity index (χ4v) is 1.76. The van der Waals surface area contributed by atoms with Gasteiger partial charge < -0.3 is 9.47 Å². The fraction of sp³-hybridized carbons (Fsp3) is 0.444. The molecule has 0 radical (unpaired) electrons. The fourth-order valence-electron chi connectivity index (χ4n) is 1.76. The lowest BCUT2D eigenvalue weighted by atomic mass is 9.97. The van der Waals surface area contributed by atoms with E-state index in [1.165, 1.54) is 0 Å². The smallest absolute Gasteiger partial charge is 0.416 e. The molecule has 1 unspecified atom stereocenters. The number of nitrogens with zero attached hydrogens (tertiary/aromatic N) is 2. The summed E-state index contributed by atoms with van der Waals surface area (Å²) >= 11 is 0. The van der Waals surface area contributed by atoms with E-state index in [9.17, 15) is 14.4 Å². The van der Waals surface area contributed by atoms with Gasteiger partial charge in [0.15, 0.2) is 0 Å². The molecule has 2 amide bonds. The highest BCUT2D eigenvalue weighted by molar-refractivity contribution is 5.80. The first-order valence-corrected chi connectivity index (χ1v) is 7.78. The van der Waals surface area contributed by atoms with Crippen LogP contribution in [0.4, 0.5) is 4.79 Å². The van der Waals surface area contributed by atoms with Crippen LogP contribution in [0.25, 0.3) is 0 Å². The topological polar surface area (TPSA) is 96.7 Å². The van der Waals surface area contributed by atoms with Gasteiger partial charge in [-0.05, 0) is 26.3 Å². The van der Waals surface area contributed by atoms with Crippen LogP contribution in [0.2, 0.25) is 0 Å². The molecule has 0 aromatic heterocycles. The average Bonchev–Trinajstić information content (AvgIpc) is 2.57. The summed E-state index contributed by atoms with van der Waals surface area (Å²) in [6.07, 6.45) is -1.62. The van der Waals surface area contributed by atoms with Crippen LogP contribution in [0.15, 0.2) is 30.3 Å². The van der Waals surface area contributed by atoms with Crippen LogP contribution in [0.1, 0.15) is 32.8 Å². The van der Waals surface area contributed by atoms with Crippen molar-refractivity contribution in [3.05, 3.63) is 35.9 Å². The Balaban J connectivity index is 2.66. The predicted octanol–water partition coefficient (Wildman–Crippen LogP) is 2.65. The SMILES string of the molecule is CC(C)(C)C(=O)OC(CC#N)CN(C=O)C(=O)OCc1ccccc1. The molecule has 0 saturated heterocycles. The van der Waals surface area contributed by atoms with Gasteiger partial charge in [-0.25, -0.2) is 9.69 Å². The summed E-state index contributed by atoms with van der Waals surface area (Å²) in [7, 11) is 0. The standard InChI is InChI=1S/C18H22N2O5/c1-18(2,3)16(22)25-15(9-10-19)11-20(13-21)17(23)24-12-14-7-5-4-6-8-14/h4-8,13,15H,9,11-12H2,1-3H3. The van der Waals surface area contributed by atoms with E-state index in [-0.39, 0.29) is 19.6 Å². The first-order valence-electron chi connectivity index (χ1n) is 7.78. The van der Waals surface area contributed by atoms with Crippen molar-refractivity contribution in [2.45, 2.75) is 39.9 Å². The monoisotopic (exact) mass is 346 g/mol. The Morgan fingerprint density at radius 2 is 1.92 bits per heavy atom. The molecule has 0 bridgehead atoms.